The monoisotopic (exact) mass is 301 g/mol. The van der Waals surface area contributed by atoms with E-state index in [0.717, 1.165) is 5.56 Å². The van der Waals surface area contributed by atoms with Gasteiger partial charge < -0.3 is 5.11 Å². The van der Waals surface area contributed by atoms with E-state index in [1.54, 1.807) is 13.0 Å². The molecule has 0 heterocycles. The first-order chi connectivity index (χ1) is 8.77. The number of hydrogen-bond donors (Lipinski definition) is 2. The second kappa shape index (κ2) is 6.06. The Morgan fingerprint density at radius 2 is 2.21 bits per heavy atom. The van der Waals surface area contributed by atoms with E-state index < -0.39 is 22.0 Å². The van der Waals surface area contributed by atoms with Crippen molar-refractivity contribution in [3.05, 3.63) is 28.8 Å². The number of carboxylic acids is 1. The molecular weight excluding hydrogens is 290 g/mol. The molecular formula is C12H12ClNO4S. The largest absolute Gasteiger partial charge is 0.480 e. The standard InChI is InChI=1S/C12H12ClNO4S/c1-3-4-10(12(15)16)14-19(17,18)11-6-5-8(2)7-9(11)13/h1,5-7,10,14H,4H2,2H3,(H,15,16). The second-order valence-electron chi connectivity index (χ2n) is 3.85. The van der Waals surface area contributed by atoms with Crippen LogP contribution in [-0.4, -0.2) is 25.5 Å². The van der Waals surface area contributed by atoms with Gasteiger partial charge in [-0.1, -0.05) is 17.7 Å². The number of carboxylic acid groups (broad SMARTS) is 1. The highest BCUT2D eigenvalue weighted by Gasteiger charge is 2.26. The van der Waals surface area contributed by atoms with Gasteiger partial charge in [0.25, 0.3) is 0 Å². The first kappa shape index (κ1) is 15.5. The zero-order valence-corrected chi connectivity index (χ0v) is 11.6. The Morgan fingerprint density at radius 3 is 2.68 bits per heavy atom. The minimum Gasteiger partial charge on any atom is -0.480 e. The number of hydrogen-bond acceptors (Lipinski definition) is 3. The summed E-state index contributed by atoms with van der Waals surface area (Å²) in [5.74, 6) is 0.763. The van der Waals surface area contributed by atoms with E-state index in [1.165, 1.54) is 12.1 Å². The van der Waals surface area contributed by atoms with Crippen molar-refractivity contribution in [3.63, 3.8) is 0 Å². The topological polar surface area (TPSA) is 83.5 Å². The predicted octanol–water partition coefficient (Wildman–Crippen LogP) is 1.40. The first-order valence-electron chi connectivity index (χ1n) is 5.22. The lowest BCUT2D eigenvalue weighted by atomic mass is 10.2. The fourth-order valence-corrected chi connectivity index (χ4v) is 3.16. The molecule has 0 saturated carbocycles. The van der Waals surface area contributed by atoms with E-state index in [-0.39, 0.29) is 16.3 Å². The molecule has 0 spiro atoms. The molecule has 1 aromatic carbocycles. The molecule has 1 rings (SSSR count). The van der Waals surface area contributed by atoms with Crippen LogP contribution in [0.15, 0.2) is 23.1 Å². The number of rotatable bonds is 5. The maximum absolute atomic E-state index is 12.0. The summed E-state index contributed by atoms with van der Waals surface area (Å²) in [6.45, 7) is 1.76. The SMILES string of the molecule is C#CCC(NS(=O)(=O)c1ccc(C)cc1Cl)C(=O)O. The lowest BCUT2D eigenvalue weighted by Crippen LogP contribution is -2.40. The Morgan fingerprint density at radius 1 is 1.58 bits per heavy atom. The highest BCUT2D eigenvalue weighted by atomic mass is 35.5. The summed E-state index contributed by atoms with van der Waals surface area (Å²) in [6.07, 6.45) is 4.75. The molecule has 102 valence electrons. The minimum absolute atomic E-state index is 0.0253. The van der Waals surface area contributed by atoms with Crippen molar-refractivity contribution in [2.45, 2.75) is 24.3 Å². The molecule has 1 unspecified atom stereocenters. The third kappa shape index (κ3) is 3.96. The summed E-state index contributed by atoms with van der Waals surface area (Å²) in [4.78, 5) is 10.7. The summed E-state index contributed by atoms with van der Waals surface area (Å²) in [5, 5.41) is 8.90. The Labute approximate surface area is 116 Å². The van der Waals surface area contributed by atoms with Crippen molar-refractivity contribution in [3.8, 4) is 12.3 Å². The molecule has 1 aromatic rings. The summed E-state index contributed by atoms with van der Waals surface area (Å²) in [6, 6.07) is 2.98. The zero-order chi connectivity index (χ0) is 14.6. The number of carbonyl (C=O) groups is 1. The third-order valence-corrected chi connectivity index (χ3v) is 4.25. The van der Waals surface area contributed by atoms with Crippen LogP contribution in [-0.2, 0) is 14.8 Å². The molecule has 0 bridgehead atoms. The molecule has 0 fully saturated rings. The van der Waals surface area contributed by atoms with Crippen LogP contribution in [0.3, 0.4) is 0 Å². The van der Waals surface area contributed by atoms with Crippen LogP contribution in [0.1, 0.15) is 12.0 Å². The van der Waals surface area contributed by atoms with E-state index in [4.69, 9.17) is 23.1 Å². The summed E-state index contributed by atoms with van der Waals surface area (Å²) < 4.78 is 26.1. The van der Waals surface area contributed by atoms with Gasteiger partial charge in [-0.15, -0.1) is 12.3 Å². The maximum atomic E-state index is 12.0. The van der Waals surface area contributed by atoms with E-state index in [9.17, 15) is 13.2 Å². The van der Waals surface area contributed by atoms with E-state index in [2.05, 4.69) is 5.92 Å². The minimum atomic E-state index is -4.03. The van der Waals surface area contributed by atoms with E-state index in [1.807, 2.05) is 4.72 Å². The number of halogens is 1. The molecule has 0 aliphatic carbocycles. The Balaban J connectivity index is 3.11. The molecule has 0 amide bonds. The average molecular weight is 302 g/mol. The Kier molecular flexibility index (Phi) is 4.95. The Hall–Kier alpha value is -1.55. The molecule has 5 nitrogen and oxygen atoms in total. The van der Waals surface area contributed by atoms with Crippen LogP contribution in [0.25, 0.3) is 0 Å². The molecule has 0 aliphatic rings. The smallest absolute Gasteiger partial charge is 0.322 e. The number of aryl methyl sites for hydroxylation is 1. The van der Waals surface area contributed by atoms with Gasteiger partial charge in [-0.3, -0.25) is 4.79 Å². The molecule has 1 atom stereocenters. The van der Waals surface area contributed by atoms with Crippen LogP contribution in [0.2, 0.25) is 5.02 Å². The highest BCUT2D eigenvalue weighted by Crippen LogP contribution is 2.22. The zero-order valence-electron chi connectivity index (χ0n) is 10.1. The molecule has 19 heavy (non-hydrogen) atoms. The normalized spacial score (nSPS) is 12.7. The number of sulfonamides is 1. The molecule has 0 radical (unpaired) electrons. The lowest BCUT2D eigenvalue weighted by Gasteiger charge is -2.13. The van der Waals surface area contributed by atoms with Crippen molar-refractivity contribution < 1.29 is 18.3 Å². The van der Waals surface area contributed by atoms with Gasteiger partial charge in [0.1, 0.15) is 10.9 Å². The van der Waals surface area contributed by atoms with Crippen molar-refractivity contribution in [2.24, 2.45) is 0 Å². The maximum Gasteiger partial charge on any atom is 0.322 e. The number of aliphatic carboxylic acids is 1. The summed E-state index contributed by atoms with van der Waals surface area (Å²) >= 11 is 5.85. The van der Waals surface area contributed by atoms with Gasteiger partial charge in [0.05, 0.1) is 5.02 Å². The van der Waals surface area contributed by atoms with Crippen LogP contribution in [0.5, 0.6) is 0 Å². The number of terminal acetylenes is 1. The van der Waals surface area contributed by atoms with Crippen molar-refractivity contribution in [1.82, 2.24) is 4.72 Å². The molecule has 7 heteroatoms. The van der Waals surface area contributed by atoms with Crippen molar-refractivity contribution in [2.75, 3.05) is 0 Å². The van der Waals surface area contributed by atoms with Gasteiger partial charge in [0, 0.05) is 6.42 Å². The van der Waals surface area contributed by atoms with Crippen LogP contribution < -0.4 is 4.72 Å². The second-order valence-corrected chi connectivity index (χ2v) is 5.94. The van der Waals surface area contributed by atoms with Gasteiger partial charge in [-0.25, -0.2) is 8.42 Å². The molecule has 0 aliphatic heterocycles. The number of benzene rings is 1. The third-order valence-electron chi connectivity index (χ3n) is 2.29. The van der Waals surface area contributed by atoms with E-state index >= 15 is 0 Å². The first-order valence-corrected chi connectivity index (χ1v) is 7.09. The van der Waals surface area contributed by atoms with Crippen LogP contribution in [0, 0.1) is 19.3 Å². The van der Waals surface area contributed by atoms with Gasteiger partial charge in [0.2, 0.25) is 10.0 Å². The molecule has 0 saturated heterocycles. The van der Waals surface area contributed by atoms with Gasteiger partial charge in [0.15, 0.2) is 0 Å². The van der Waals surface area contributed by atoms with Gasteiger partial charge >= 0.3 is 5.97 Å². The van der Waals surface area contributed by atoms with Crippen molar-refractivity contribution in [1.29, 1.82) is 0 Å². The van der Waals surface area contributed by atoms with Crippen LogP contribution >= 0.6 is 11.6 Å². The lowest BCUT2D eigenvalue weighted by molar-refractivity contribution is -0.138. The predicted molar refractivity (Wildman–Crippen MR) is 71.4 cm³/mol. The summed E-state index contributed by atoms with van der Waals surface area (Å²) in [5.41, 5.74) is 0.794. The van der Waals surface area contributed by atoms with Crippen LogP contribution in [0.4, 0.5) is 0 Å². The van der Waals surface area contributed by atoms with Crippen molar-refractivity contribution >= 4 is 27.6 Å². The Bertz CT molecular complexity index is 634. The molecule has 2 N–H and O–H groups in total. The highest BCUT2D eigenvalue weighted by molar-refractivity contribution is 7.89. The molecule has 0 aromatic heterocycles. The fourth-order valence-electron chi connectivity index (χ4n) is 1.37. The average Bonchev–Trinajstić information content (AvgIpc) is 2.27. The quantitative estimate of drug-likeness (QED) is 0.805. The van der Waals surface area contributed by atoms with E-state index in [0.29, 0.717) is 0 Å². The number of nitrogens with one attached hydrogen (secondary N) is 1. The van der Waals surface area contributed by atoms with Gasteiger partial charge in [-0.2, -0.15) is 4.72 Å². The fraction of sp³-hybridized carbons (Fsp3) is 0.250. The van der Waals surface area contributed by atoms with Gasteiger partial charge in [-0.05, 0) is 24.6 Å². The summed E-state index contributed by atoms with van der Waals surface area (Å²) in [7, 11) is -4.03.